The molecule has 0 N–H and O–H groups in total. The smallest absolute Gasteiger partial charge is 0.410 e. The number of ether oxygens (including phenoxy) is 1. The standard InChI is InChI=1S/C14H22N2O4/c1-14(2,3)20-13(19)15-8-4-6-10(15)12(18)16-9-5-7-11(16)17/h10H,4-9H2,1-3H3/t10-/m0/s1. The van der Waals surface area contributed by atoms with Crippen LogP contribution >= 0.6 is 0 Å². The van der Waals surface area contributed by atoms with Gasteiger partial charge in [-0.05, 0) is 40.0 Å². The third kappa shape index (κ3) is 3.11. The van der Waals surface area contributed by atoms with Crippen molar-refractivity contribution in [3.63, 3.8) is 0 Å². The Morgan fingerprint density at radius 3 is 2.45 bits per heavy atom. The Kier molecular flexibility index (Phi) is 4.01. The van der Waals surface area contributed by atoms with Crippen LogP contribution in [0.2, 0.25) is 0 Å². The summed E-state index contributed by atoms with van der Waals surface area (Å²) in [6.07, 6.45) is 2.02. The Morgan fingerprint density at radius 1 is 1.20 bits per heavy atom. The number of amides is 3. The van der Waals surface area contributed by atoms with E-state index in [0.29, 0.717) is 32.4 Å². The molecule has 2 fully saturated rings. The van der Waals surface area contributed by atoms with Crippen LogP contribution in [-0.4, -0.2) is 52.4 Å². The van der Waals surface area contributed by atoms with E-state index < -0.39 is 17.7 Å². The Balaban J connectivity index is 2.05. The summed E-state index contributed by atoms with van der Waals surface area (Å²) in [5.74, 6) is -0.387. The normalized spacial score (nSPS) is 23.4. The number of hydrogen-bond donors (Lipinski definition) is 0. The van der Waals surface area contributed by atoms with Crippen molar-refractivity contribution >= 4 is 17.9 Å². The third-order valence-electron chi connectivity index (χ3n) is 3.51. The number of rotatable bonds is 1. The van der Waals surface area contributed by atoms with E-state index >= 15 is 0 Å². The summed E-state index contributed by atoms with van der Waals surface area (Å²) in [5, 5.41) is 0. The number of carbonyl (C=O) groups excluding carboxylic acids is 3. The van der Waals surface area contributed by atoms with E-state index in [1.54, 1.807) is 20.8 Å². The van der Waals surface area contributed by atoms with Crippen molar-refractivity contribution in [2.24, 2.45) is 0 Å². The van der Waals surface area contributed by atoms with E-state index in [0.717, 1.165) is 6.42 Å². The molecule has 0 saturated carbocycles. The summed E-state index contributed by atoms with van der Waals surface area (Å²) in [7, 11) is 0. The Labute approximate surface area is 119 Å². The van der Waals surface area contributed by atoms with Gasteiger partial charge in [0.1, 0.15) is 11.6 Å². The van der Waals surface area contributed by atoms with Crippen molar-refractivity contribution in [2.75, 3.05) is 13.1 Å². The fourth-order valence-corrected chi connectivity index (χ4v) is 2.62. The average Bonchev–Trinajstić information content (AvgIpc) is 2.93. The van der Waals surface area contributed by atoms with Crippen molar-refractivity contribution in [3.8, 4) is 0 Å². The second-order valence-corrected chi connectivity index (χ2v) is 6.32. The van der Waals surface area contributed by atoms with Crippen molar-refractivity contribution in [2.45, 2.75) is 58.1 Å². The van der Waals surface area contributed by atoms with Gasteiger partial charge in [-0.25, -0.2) is 4.79 Å². The Bertz CT molecular complexity index is 427. The lowest BCUT2D eigenvalue weighted by Crippen LogP contribution is -2.49. The topological polar surface area (TPSA) is 66.9 Å². The quantitative estimate of drug-likeness (QED) is 0.684. The molecular weight excluding hydrogens is 260 g/mol. The lowest BCUT2D eigenvalue weighted by Gasteiger charge is -2.29. The Morgan fingerprint density at radius 2 is 1.90 bits per heavy atom. The summed E-state index contributed by atoms with van der Waals surface area (Å²) >= 11 is 0. The predicted molar refractivity (Wildman–Crippen MR) is 71.9 cm³/mol. The van der Waals surface area contributed by atoms with Gasteiger partial charge in [0.05, 0.1) is 0 Å². The van der Waals surface area contributed by atoms with Gasteiger partial charge in [-0.2, -0.15) is 0 Å². The van der Waals surface area contributed by atoms with Gasteiger partial charge in [-0.15, -0.1) is 0 Å². The Hall–Kier alpha value is -1.59. The van der Waals surface area contributed by atoms with E-state index in [9.17, 15) is 14.4 Å². The summed E-state index contributed by atoms with van der Waals surface area (Å²) < 4.78 is 5.32. The van der Waals surface area contributed by atoms with Crippen molar-refractivity contribution in [3.05, 3.63) is 0 Å². The van der Waals surface area contributed by atoms with Crippen molar-refractivity contribution in [1.29, 1.82) is 0 Å². The number of carbonyl (C=O) groups is 3. The average molecular weight is 282 g/mol. The number of nitrogens with zero attached hydrogens (tertiary/aromatic N) is 2. The molecule has 3 amide bonds. The summed E-state index contributed by atoms with van der Waals surface area (Å²) in [6, 6.07) is -0.549. The number of imide groups is 1. The fraction of sp³-hybridized carbons (Fsp3) is 0.786. The summed E-state index contributed by atoms with van der Waals surface area (Å²) in [6.45, 7) is 6.36. The molecule has 0 bridgehead atoms. The second-order valence-electron chi connectivity index (χ2n) is 6.32. The molecule has 0 aromatic rings. The summed E-state index contributed by atoms with van der Waals surface area (Å²) in [4.78, 5) is 38.9. The molecule has 112 valence electrons. The van der Waals surface area contributed by atoms with Crippen LogP contribution in [0.15, 0.2) is 0 Å². The predicted octanol–water partition coefficient (Wildman–Crippen LogP) is 1.53. The molecule has 2 heterocycles. The van der Waals surface area contributed by atoms with E-state index in [4.69, 9.17) is 4.74 Å². The van der Waals surface area contributed by atoms with Crippen LogP contribution in [0.25, 0.3) is 0 Å². The van der Waals surface area contributed by atoms with Gasteiger partial charge in [0.25, 0.3) is 5.91 Å². The molecule has 6 nitrogen and oxygen atoms in total. The minimum absolute atomic E-state index is 0.133. The van der Waals surface area contributed by atoms with Crippen molar-refractivity contribution in [1.82, 2.24) is 9.80 Å². The molecular formula is C14H22N2O4. The molecule has 0 aromatic carbocycles. The maximum atomic E-state index is 12.4. The minimum atomic E-state index is -0.587. The zero-order valence-electron chi connectivity index (χ0n) is 12.3. The first-order valence-corrected chi connectivity index (χ1v) is 7.13. The van der Waals surface area contributed by atoms with Gasteiger partial charge in [0.2, 0.25) is 5.91 Å². The molecule has 0 aliphatic carbocycles. The lowest BCUT2D eigenvalue weighted by atomic mass is 10.2. The molecule has 2 aliphatic heterocycles. The van der Waals surface area contributed by atoms with Gasteiger partial charge in [0.15, 0.2) is 0 Å². The van der Waals surface area contributed by atoms with E-state index in [2.05, 4.69) is 0 Å². The van der Waals surface area contributed by atoms with Crippen LogP contribution in [0.1, 0.15) is 46.5 Å². The highest BCUT2D eigenvalue weighted by atomic mass is 16.6. The monoisotopic (exact) mass is 282 g/mol. The summed E-state index contributed by atoms with van der Waals surface area (Å²) in [5.41, 5.74) is -0.587. The molecule has 0 unspecified atom stereocenters. The molecule has 20 heavy (non-hydrogen) atoms. The van der Waals surface area contributed by atoms with Gasteiger partial charge >= 0.3 is 6.09 Å². The van der Waals surface area contributed by atoms with E-state index in [-0.39, 0.29) is 11.8 Å². The SMILES string of the molecule is CC(C)(C)OC(=O)N1CCC[C@H]1C(=O)N1CCCC1=O. The lowest BCUT2D eigenvalue weighted by molar-refractivity contribution is -0.144. The number of likely N-dealkylation sites (tertiary alicyclic amines) is 2. The first kappa shape index (κ1) is 14.8. The van der Waals surface area contributed by atoms with Crippen LogP contribution < -0.4 is 0 Å². The molecule has 2 saturated heterocycles. The molecule has 1 atom stereocenters. The van der Waals surface area contributed by atoms with Crippen molar-refractivity contribution < 1.29 is 19.1 Å². The largest absolute Gasteiger partial charge is 0.444 e. The molecule has 0 spiro atoms. The highest BCUT2D eigenvalue weighted by molar-refractivity contribution is 6.00. The highest BCUT2D eigenvalue weighted by Crippen LogP contribution is 2.24. The minimum Gasteiger partial charge on any atom is -0.444 e. The molecule has 0 aromatic heterocycles. The second kappa shape index (κ2) is 5.42. The first-order chi connectivity index (χ1) is 9.29. The van der Waals surface area contributed by atoms with Gasteiger partial charge in [-0.3, -0.25) is 19.4 Å². The van der Waals surface area contributed by atoms with Crippen LogP contribution in [0.5, 0.6) is 0 Å². The van der Waals surface area contributed by atoms with Crippen LogP contribution in [0.4, 0.5) is 4.79 Å². The fourth-order valence-electron chi connectivity index (χ4n) is 2.62. The molecule has 0 radical (unpaired) electrons. The first-order valence-electron chi connectivity index (χ1n) is 7.13. The van der Waals surface area contributed by atoms with E-state index in [1.807, 2.05) is 0 Å². The molecule has 2 rings (SSSR count). The molecule has 6 heteroatoms. The number of hydrogen-bond acceptors (Lipinski definition) is 4. The van der Waals surface area contributed by atoms with Crippen LogP contribution in [0, 0.1) is 0 Å². The van der Waals surface area contributed by atoms with Gasteiger partial charge in [0, 0.05) is 19.5 Å². The maximum Gasteiger partial charge on any atom is 0.410 e. The zero-order chi connectivity index (χ0) is 14.9. The van der Waals surface area contributed by atoms with E-state index in [1.165, 1.54) is 9.80 Å². The van der Waals surface area contributed by atoms with Crippen LogP contribution in [0.3, 0.4) is 0 Å². The van der Waals surface area contributed by atoms with Gasteiger partial charge in [-0.1, -0.05) is 0 Å². The molecule has 2 aliphatic rings. The zero-order valence-corrected chi connectivity index (χ0v) is 12.3. The maximum absolute atomic E-state index is 12.4. The third-order valence-corrected chi connectivity index (χ3v) is 3.51. The van der Waals surface area contributed by atoms with Gasteiger partial charge < -0.3 is 4.74 Å². The van der Waals surface area contributed by atoms with Crippen LogP contribution in [-0.2, 0) is 14.3 Å². The highest BCUT2D eigenvalue weighted by Gasteiger charge is 2.41.